The van der Waals surface area contributed by atoms with Gasteiger partial charge in [-0.15, -0.1) is 0 Å². The average Bonchev–Trinajstić information content (AvgIpc) is 3.49. The summed E-state index contributed by atoms with van der Waals surface area (Å²) in [4.78, 5) is 37.8. The number of aromatic nitrogens is 5. The van der Waals surface area contributed by atoms with Crippen LogP contribution in [0.25, 0.3) is 27.6 Å². The Kier molecular flexibility index (Phi) is 12.5. The second kappa shape index (κ2) is 17.2. The number of unbranched alkanes of at least 4 members (excludes halogenated alkanes) is 1. The Morgan fingerprint density at radius 1 is 1.00 bits per heavy atom. The number of carbonyl (C=O) groups excluding carboxylic acids is 1. The predicted molar refractivity (Wildman–Crippen MR) is 221 cm³/mol. The number of nitrogens with zero attached hydrogens (tertiary/aromatic N) is 6. The van der Waals surface area contributed by atoms with Crippen LogP contribution in [0.4, 0.5) is 19.4 Å². The van der Waals surface area contributed by atoms with E-state index in [1.165, 1.54) is 34.6 Å². The van der Waals surface area contributed by atoms with Crippen molar-refractivity contribution in [3.8, 4) is 17.3 Å². The molecule has 1 amide bonds. The van der Waals surface area contributed by atoms with Gasteiger partial charge in [-0.1, -0.05) is 37.1 Å². The van der Waals surface area contributed by atoms with Crippen LogP contribution in [-0.4, -0.2) is 64.4 Å². The van der Waals surface area contributed by atoms with E-state index in [2.05, 4.69) is 15.4 Å². The molecule has 312 valence electrons. The molecule has 0 radical (unpaired) electrons. The van der Waals surface area contributed by atoms with Gasteiger partial charge < -0.3 is 19.5 Å². The molecule has 3 aromatic heterocycles. The van der Waals surface area contributed by atoms with Crippen molar-refractivity contribution < 1.29 is 36.2 Å². The van der Waals surface area contributed by atoms with Crippen molar-refractivity contribution in [2.24, 2.45) is 7.05 Å². The number of carbonyl (C=O) groups is 1. The maximum atomic E-state index is 14.9. The van der Waals surface area contributed by atoms with Crippen LogP contribution in [0, 0.1) is 11.6 Å². The zero-order valence-electron chi connectivity index (χ0n) is 33.5. The lowest BCUT2D eigenvalue weighted by Crippen LogP contribution is -2.39. The van der Waals surface area contributed by atoms with E-state index in [4.69, 9.17) is 30.8 Å². The third-order valence-corrected chi connectivity index (χ3v) is 10.5. The Labute approximate surface area is 344 Å². The van der Waals surface area contributed by atoms with E-state index in [0.29, 0.717) is 24.0 Å². The Morgan fingerprint density at radius 3 is 2.32 bits per heavy atom. The molecule has 1 atom stereocenters. The molecule has 0 unspecified atom stereocenters. The largest absolute Gasteiger partial charge is 0.497 e. The van der Waals surface area contributed by atoms with Gasteiger partial charge in [0.05, 0.1) is 59.6 Å². The number of nitrogens with one attached hydrogen (secondary N) is 1. The smallest absolute Gasteiger partial charge is 0.408 e. The van der Waals surface area contributed by atoms with Crippen LogP contribution in [-0.2, 0) is 34.8 Å². The van der Waals surface area contributed by atoms with Crippen molar-refractivity contribution in [3.63, 3.8) is 0 Å². The van der Waals surface area contributed by atoms with Crippen LogP contribution in [0.3, 0.4) is 0 Å². The molecular formula is C41H44ClF2N7O7S. The minimum Gasteiger partial charge on any atom is -0.497 e. The summed E-state index contributed by atoms with van der Waals surface area (Å²) in [7, 11) is -0.919. The van der Waals surface area contributed by atoms with Crippen LogP contribution >= 0.6 is 11.6 Å². The number of aryl methyl sites for hydroxylation is 1. The van der Waals surface area contributed by atoms with Crippen molar-refractivity contribution in [1.82, 2.24) is 29.6 Å². The molecule has 0 aliphatic rings. The maximum absolute atomic E-state index is 14.9. The highest BCUT2D eigenvalue weighted by Crippen LogP contribution is 2.38. The van der Waals surface area contributed by atoms with Gasteiger partial charge in [0.2, 0.25) is 15.9 Å². The predicted octanol–water partition coefficient (Wildman–Crippen LogP) is 7.56. The van der Waals surface area contributed by atoms with Gasteiger partial charge in [-0.25, -0.2) is 31.3 Å². The van der Waals surface area contributed by atoms with E-state index in [9.17, 15) is 26.8 Å². The number of ether oxygens (including phenoxy) is 3. The van der Waals surface area contributed by atoms with E-state index in [-0.39, 0.29) is 68.7 Å². The van der Waals surface area contributed by atoms with Crippen molar-refractivity contribution in [3.05, 3.63) is 111 Å². The first-order valence-corrected chi connectivity index (χ1v) is 20.9. The fraction of sp³-hybridized carbons (Fsp3) is 0.341. The van der Waals surface area contributed by atoms with Gasteiger partial charge in [0.1, 0.15) is 28.8 Å². The van der Waals surface area contributed by atoms with Crippen molar-refractivity contribution in [1.29, 1.82) is 0 Å². The third kappa shape index (κ3) is 9.74. The van der Waals surface area contributed by atoms with Gasteiger partial charge in [0.25, 0.3) is 5.56 Å². The first-order valence-electron chi connectivity index (χ1n) is 18.6. The summed E-state index contributed by atoms with van der Waals surface area (Å²) in [6.45, 7) is 7.23. The van der Waals surface area contributed by atoms with Crippen LogP contribution in [0.15, 0.2) is 71.5 Å². The van der Waals surface area contributed by atoms with Gasteiger partial charge in [-0.05, 0) is 80.8 Å². The average molecular weight is 852 g/mol. The van der Waals surface area contributed by atoms with Crippen molar-refractivity contribution in [2.45, 2.75) is 65.1 Å². The van der Waals surface area contributed by atoms with Gasteiger partial charge in [-0.3, -0.25) is 14.0 Å². The van der Waals surface area contributed by atoms with Crippen molar-refractivity contribution >= 4 is 55.5 Å². The van der Waals surface area contributed by atoms with Crippen molar-refractivity contribution in [2.75, 3.05) is 24.3 Å². The number of alkyl carbamates (subject to hydrolysis) is 1. The summed E-state index contributed by atoms with van der Waals surface area (Å²) < 4.78 is 76.6. The molecule has 0 fully saturated rings. The molecule has 3 heterocycles. The normalized spacial score (nSPS) is 12.4. The molecule has 0 aliphatic heterocycles. The van der Waals surface area contributed by atoms with Crippen LogP contribution < -0.4 is 24.7 Å². The molecule has 6 rings (SSSR count). The molecule has 0 bridgehead atoms. The highest BCUT2D eigenvalue weighted by atomic mass is 35.5. The van der Waals surface area contributed by atoms with E-state index in [0.717, 1.165) is 35.5 Å². The van der Waals surface area contributed by atoms with E-state index in [1.807, 2.05) is 6.92 Å². The first kappa shape index (κ1) is 42.8. The summed E-state index contributed by atoms with van der Waals surface area (Å²) in [6.07, 6.45) is 1.49. The number of halogens is 3. The summed E-state index contributed by atoms with van der Waals surface area (Å²) >= 11 is 6.88. The number of rotatable bonds is 14. The van der Waals surface area contributed by atoms with E-state index in [1.54, 1.807) is 58.2 Å². The van der Waals surface area contributed by atoms with E-state index >= 15 is 0 Å². The van der Waals surface area contributed by atoms with Crippen LogP contribution in [0.1, 0.15) is 63.5 Å². The molecule has 3 aromatic carbocycles. The number of benzene rings is 3. The second-order valence-corrected chi connectivity index (χ2v) is 17.2. The second-order valence-electron chi connectivity index (χ2n) is 14.9. The summed E-state index contributed by atoms with van der Waals surface area (Å²) in [5, 5.41) is 7.76. The van der Waals surface area contributed by atoms with Crippen LogP contribution in [0.5, 0.6) is 11.6 Å². The highest BCUT2D eigenvalue weighted by Gasteiger charge is 2.31. The molecule has 18 heteroatoms. The first-order chi connectivity index (χ1) is 27.9. The lowest BCUT2D eigenvalue weighted by atomic mass is 10.0. The number of pyridine rings is 1. The summed E-state index contributed by atoms with van der Waals surface area (Å²) in [6, 6.07) is 14.6. The fourth-order valence-electron chi connectivity index (χ4n) is 6.49. The zero-order valence-corrected chi connectivity index (χ0v) is 35.1. The Hall–Kier alpha value is -5.81. The van der Waals surface area contributed by atoms with Gasteiger partial charge in [-0.2, -0.15) is 10.1 Å². The Morgan fingerprint density at radius 2 is 1.69 bits per heavy atom. The van der Waals surface area contributed by atoms with Gasteiger partial charge >= 0.3 is 6.09 Å². The molecule has 6 aromatic rings. The van der Waals surface area contributed by atoms with Gasteiger partial charge in [0, 0.05) is 25.6 Å². The molecular weight excluding hydrogens is 808 g/mol. The quantitative estimate of drug-likeness (QED) is 0.108. The molecule has 0 aliphatic carbocycles. The number of sulfonamides is 1. The molecule has 0 saturated carbocycles. The molecule has 0 saturated heterocycles. The fourth-order valence-corrected chi connectivity index (χ4v) is 7.56. The molecule has 14 nitrogen and oxygen atoms in total. The lowest BCUT2D eigenvalue weighted by Gasteiger charge is -2.26. The maximum Gasteiger partial charge on any atom is 0.408 e. The standard InChI is InChI=1S/C41H44ClF2N7O7S/c1-8-9-18-57-33-17-14-29-36(46-33)47-37(31(45-40(53)58-41(2,3)4)21-25-19-26(43)22-27(44)20-25)51(39(29)52)32-16-15-30(42)34-35(32)49(5)48-38(34)50(59(7,54)55)23-24-10-12-28(56-6)13-11-24/h10-17,19-20,22,31H,8-9,18,21,23H2,1-7H3,(H,45,53)/t31-/m0/s1. The number of hydrogen-bond donors (Lipinski definition) is 1. The van der Waals surface area contributed by atoms with E-state index < -0.39 is 45.0 Å². The number of hydrogen-bond acceptors (Lipinski definition) is 10. The number of amides is 1. The Balaban J connectivity index is 1.63. The summed E-state index contributed by atoms with van der Waals surface area (Å²) in [5.41, 5.74) is -0.523. The molecule has 0 spiro atoms. The number of fused-ring (bicyclic) bond motifs is 2. The molecule has 1 N–H and O–H groups in total. The van der Waals surface area contributed by atoms with Gasteiger partial charge in [0.15, 0.2) is 11.5 Å². The third-order valence-electron chi connectivity index (χ3n) is 9.11. The topological polar surface area (TPSA) is 160 Å². The Bertz CT molecular complexity index is 2680. The monoisotopic (exact) mass is 851 g/mol. The minimum absolute atomic E-state index is 0.0229. The highest BCUT2D eigenvalue weighted by molar-refractivity contribution is 7.92. The molecule has 59 heavy (non-hydrogen) atoms. The zero-order chi connectivity index (χ0) is 42.8. The minimum atomic E-state index is -4.00. The number of anilines is 1. The summed E-state index contributed by atoms with van der Waals surface area (Å²) in [5.74, 6) is -1.07. The SMILES string of the molecule is CCCCOc1ccc2c(=O)n(-c3ccc(Cl)c4c(N(Cc5ccc(OC)cc5)S(C)(=O)=O)nn(C)c34)c([C@H](Cc3cc(F)cc(F)c3)NC(=O)OC(C)(C)C)nc2n1. The van der Waals surface area contributed by atoms with Crippen LogP contribution in [0.2, 0.25) is 5.02 Å². The lowest BCUT2D eigenvalue weighted by molar-refractivity contribution is 0.0500. The number of methoxy groups -OCH3 is 1.